The van der Waals surface area contributed by atoms with Gasteiger partial charge in [-0.15, -0.1) is 0 Å². The van der Waals surface area contributed by atoms with Crippen molar-refractivity contribution in [1.82, 2.24) is 15.2 Å². The number of nitrogen functional groups attached to an aromatic ring is 1. The van der Waals surface area contributed by atoms with Crippen molar-refractivity contribution in [2.45, 2.75) is 39.8 Å². The number of ether oxygens (including phenoxy) is 1. The Labute approximate surface area is 118 Å². The van der Waals surface area contributed by atoms with E-state index < -0.39 is 0 Å². The number of pyridine rings is 1. The van der Waals surface area contributed by atoms with Gasteiger partial charge in [-0.1, -0.05) is 0 Å². The van der Waals surface area contributed by atoms with Crippen LogP contribution < -0.4 is 15.8 Å². The molecule has 0 bridgehead atoms. The molecule has 0 aliphatic rings. The van der Waals surface area contributed by atoms with Gasteiger partial charge in [0.1, 0.15) is 11.4 Å². The minimum atomic E-state index is -0.332. The Bertz CT molecular complexity index is 585. The molecule has 0 amide bonds. The summed E-state index contributed by atoms with van der Waals surface area (Å²) in [7, 11) is 0. The Morgan fingerprint density at radius 3 is 2.70 bits per heavy atom. The van der Waals surface area contributed by atoms with Gasteiger partial charge in [-0.25, -0.2) is 0 Å². The van der Waals surface area contributed by atoms with E-state index in [-0.39, 0.29) is 5.60 Å². The summed E-state index contributed by atoms with van der Waals surface area (Å²) in [6.07, 6.45) is 1.80. The molecule has 0 aliphatic carbocycles. The van der Waals surface area contributed by atoms with Crippen molar-refractivity contribution in [2.75, 3.05) is 11.1 Å². The standard InChI is InChI=1S/C14H21N5O/c1-9-10(8-17-19-9)7-16-12-6-5-11(15)13(18-12)20-14(2,3)4/h5-6,8H,7,15H2,1-4H3,(H,16,18)(H,17,19). The molecular formula is C14H21N5O. The first-order valence-corrected chi connectivity index (χ1v) is 6.53. The lowest BCUT2D eigenvalue weighted by molar-refractivity contribution is 0.125. The van der Waals surface area contributed by atoms with Gasteiger partial charge in [0.05, 0.1) is 11.9 Å². The predicted octanol–water partition coefficient (Wildman–Crippen LogP) is 2.48. The molecule has 4 N–H and O–H groups in total. The van der Waals surface area contributed by atoms with E-state index in [0.717, 1.165) is 17.1 Å². The predicted molar refractivity (Wildman–Crippen MR) is 79.7 cm³/mol. The van der Waals surface area contributed by atoms with Crippen molar-refractivity contribution in [2.24, 2.45) is 0 Å². The number of nitrogens with zero attached hydrogens (tertiary/aromatic N) is 2. The van der Waals surface area contributed by atoms with E-state index in [9.17, 15) is 0 Å². The topological polar surface area (TPSA) is 88.9 Å². The quantitative estimate of drug-likeness (QED) is 0.797. The van der Waals surface area contributed by atoms with Gasteiger partial charge in [0.2, 0.25) is 5.88 Å². The third-order valence-corrected chi connectivity index (χ3v) is 2.69. The van der Waals surface area contributed by atoms with Crippen LogP contribution in [0.4, 0.5) is 11.5 Å². The van der Waals surface area contributed by atoms with Crippen LogP contribution in [0.1, 0.15) is 32.0 Å². The molecule has 0 aromatic carbocycles. The molecule has 20 heavy (non-hydrogen) atoms. The van der Waals surface area contributed by atoms with Gasteiger partial charge in [0, 0.05) is 17.8 Å². The second-order valence-electron chi connectivity index (χ2n) is 5.68. The molecule has 0 radical (unpaired) electrons. The number of hydrogen-bond donors (Lipinski definition) is 3. The molecule has 2 aromatic heterocycles. The van der Waals surface area contributed by atoms with E-state index in [2.05, 4.69) is 20.5 Å². The van der Waals surface area contributed by atoms with Crippen LogP contribution in [0.25, 0.3) is 0 Å². The summed E-state index contributed by atoms with van der Waals surface area (Å²) in [6.45, 7) is 8.51. The van der Waals surface area contributed by atoms with Crippen LogP contribution in [0.2, 0.25) is 0 Å². The lowest BCUT2D eigenvalue weighted by Crippen LogP contribution is -2.24. The van der Waals surface area contributed by atoms with E-state index in [1.165, 1.54) is 0 Å². The molecule has 2 rings (SSSR count). The van der Waals surface area contributed by atoms with Crippen molar-refractivity contribution in [3.63, 3.8) is 0 Å². The van der Waals surface area contributed by atoms with Crippen LogP contribution in [0, 0.1) is 6.92 Å². The number of aromatic amines is 1. The largest absolute Gasteiger partial charge is 0.470 e. The average Bonchev–Trinajstić information content (AvgIpc) is 2.74. The molecule has 2 aromatic rings. The van der Waals surface area contributed by atoms with Gasteiger partial charge in [-0.3, -0.25) is 5.10 Å². The van der Waals surface area contributed by atoms with Gasteiger partial charge in [-0.05, 0) is 39.8 Å². The summed E-state index contributed by atoms with van der Waals surface area (Å²) in [5.41, 5.74) is 8.22. The summed E-state index contributed by atoms with van der Waals surface area (Å²) < 4.78 is 5.74. The molecule has 0 spiro atoms. The van der Waals surface area contributed by atoms with Gasteiger partial charge in [0.25, 0.3) is 0 Å². The number of aromatic nitrogens is 3. The molecular weight excluding hydrogens is 254 g/mol. The molecule has 2 heterocycles. The van der Waals surface area contributed by atoms with Crippen molar-refractivity contribution in [3.05, 3.63) is 29.6 Å². The Hall–Kier alpha value is -2.24. The first kappa shape index (κ1) is 14.2. The summed E-state index contributed by atoms with van der Waals surface area (Å²) in [5.74, 6) is 1.17. The molecule has 6 heteroatoms. The molecule has 0 atom stereocenters. The third-order valence-electron chi connectivity index (χ3n) is 2.69. The lowest BCUT2D eigenvalue weighted by Gasteiger charge is -2.21. The van der Waals surface area contributed by atoms with Crippen LogP contribution in [-0.2, 0) is 6.54 Å². The van der Waals surface area contributed by atoms with Crippen molar-refractivity contribution in [3.8, 4) is 5.88 Å². The first-order chi connectivity index (χ1) is 9.35. The van der Waals surface area contributed by atoms with E-state index in [1.807, 2.05) is 33.8 Å². The van der Waals surface area contributed by atoms with Crippen molar-refractivity contribution < 1.29 is 4.74 Å². The highest BCUT2D eigenvalue weighted by atomic mass is 16.5. The van der Waals surface area contributed by atoms with E-state index in [4.69, 9.17) is 10.5 Å². The fourth-order valence-corrected chi connectivity index (χ4v) is 1.66. The van der Waals surface area contributed by atoms with Gasteiger partial charge >= 0.3 is 0 Å². The Morgan fingerprint density at radius 1 is 1.35 bits per heavy atom. The maximum Gasteiger partial charge on any atom is 0.239 e. The zero-order chi connectivity index (χ0) is 14.8. The highest BCUT2D eigenvalue weighted by molar-refractivity contribution is 5.54. The van der Waals surface area contributed by atoms with Crippen LogP contribution in [0.15, 0.2) is 18.3 Å². The molecule has 108 valence electrons. The van der Waals surface area contributed by atoms with Crippen LogP contribution in [0.5, 0.6) is 5.88 Å². The Kier molecular flexibility index (Phi) is 3.83. The maximum atomic E-state index is 5.88. The SMILES string of the molecule is Cc1[nH]ncc1CNc1ccc(N)c(OC(C)(C)C)n1. The van der Waals surface area contributed by atoms with E-state index >= 15 is 0 Å². The molecule has 0 fully saturated rings. The fourth-order valence-electron chi connectivity index (χ4n) is 1.66. The normalized spacial score (nSPS) is 11.4. The first-order valence-electron chi connectivity index (χ1n) is 6.53. The van der Waals surface area contributed by atoms with Crippen LogP contribution in [-0.4, -0.2) is 20.8 Å². The lowest BCUT2D eigenvalue weighted by atomic mass is 10.2. The molecule has 0 saturated carbocycles. The average molecular weight is 275 g/mol. The Morgan fingerprint density at radius 2 is 2.10 bits per heavy atom. The van der Waals surface area contributed by atoms with E-state index in [0.29, 0.717) is 18.1 Å². The zero-order valence-electron chi connectivity index (χ0n) is 12.3. The molecule has 0 aliphatic heterocycles. The molecule has 0 unspecified atom stereocenters. The maximum absolute atomic E-state index is 5.88. The summed E-state index contributed by atoms with van der Waals surface area (Å²) in [6, 6.07) is 3.62. The second-order valence-corrected chi connectivity index (χ2v) is 5.68. The summed E-state index contributed by atoms with van der Waals surface area (Å²) >= 11 is 0. The minimum absolute atomic E-state index is 0.332. The second kappa shape index (κ2) is 5.40. The highest BCUT2D eigenvalue weighted by Crippen LogP contribution is 2.25. The monoisotopic (exact) mass is 275 g/mol. The minimum Gasteiger partial charge on any atom is -0.470 e. The molecule has 0 saturated heterocycles. The summed E-state index contributed by atoms with van der Waals surface area (Å²) in [4.78, 5) is 4.40. The summed E-state index contributed by atoms with van der Waals surface area (Å²) in [5, 5.41) is 10.1. The smallest absolute Gasteiger partial charge is 0.239 e. The number of nitrogens with one attached hydrogen (secondary N) is 2. The zero-order valence-corrected chi connectivity index (χ0v) is 12.3. The van der Waals surface area contributed by atoms with Crippen molar-refractivity contribution >= 4 is 11.5 Å². The number of H-pyrrole nitrogens is 1. The van der Waals surface area contributed by atoms with Crippen LogP contribution in [0.3, 0.4) is 0 Å². The highest BCUT2D eigenvalue weighted by Gasteiger charge is 2.15. The number of nitrogens with two attached hydrogens (primary N) is 1. The van der Waals surface area contributed by atoms with Gasteiger partial charge < -0.3 is 15.8 Å². The fraction of sp³-hybridized carbons (Fsp3) is 0.429. The molecule has 6 nitrogen and oxygen atoms in total. The van der Waals surface area contributed by atoms with Gasteiger partial charge in [0.15, 0.2) is 0 Å². The Balaban J connectivity index is 2.09. The number of anilines is 2. The number of hydrogen-bond acceptors (Lipinski definition) is 5. The third kappa shape index (κ3) is 3.63. The van der Waals surface area contributed by atoms with Crippen LogP contribution >= 0.6 is 0 Å². The van der Waals surface area contributed by atoms with Crippen molar-refractivity contribution in [1.29, 1.82) is 0 Å². The number of aryl methyl sites for hydroxylation is 1. The van der Waals surface area contributed by atoms with Gasteiger partial charge in [-0.2, -0.15) is 10.1 Å². The number of rotatable bonds is 4. The van der Waals surface area contributed by atoms with E-state index in [1.54, 1.807) is 12.3 Å².